The summed E-state index contributed by atoms with van der Waals surface area (Å²) in [5.41, 5.74) is 3.43. The van der Waals surface area contributed by atoms with Crippen LogP contribution in [0.3, 0.4) is 0 Å². The third kappa shape index (κ3) is 1.80. The molecule has 0 saturated heterocycles. The van der Waals surface area contributed by atoms with E-state index in [1.807, 2.05) is 18.4 Å². The summed E-state index contributed by atoms with van der Waals surface area (Å²) in [6.45, 7) is 3.70. The molecule has 0 amide bonds. The van der Waals surface area contributed by atoms with Gasteiger partial charge in [0.05, 0.1) is 22.0 Å². The van der Waals surface area contributed by atoms with Crippen LogP contribution in [0.2, 0.25) is 0 Å². The fourth-order valence-electron chi connectivity index (χ4n) is 2.56. The Morgan fingerprint density at radius 2 is 2.00 bits per heavy atom. The molecule has 0 spiro atoms. The van der Waals surface area contributed by atoms with Crippen LogP contribution in [0.25, 0.3) is 16.4 Å². The second kappa shape index (κ2) is 4.40. The van der Waals surface area contributed by atoms with Crippen molar-refractivity contribution in [3.63, 3.8) is 0 Å². The van der Waals surface area contributed by atoms with Gasteiger partial charge >= 0.3 is 0 Å². The molecule has 0 bridgehead atoms. The Morgan fingerprint density at radius 3 is 2.73 bits per heavy atom. The Balaban J connectivity index is 2.08. The molecule has 0 radical (unpaired) electrons. The quantitative estimate of drug-likeness (QED) is 0.743. The van der Waals surface area contributed by atoms with E-state index in [0.717, 1.165) is 16.5 Å². The highest BCUT2D eigenvalue weighted by Gasteiger charge is 2.32. The number of aromatic nitrogens is 3. The van der Waals surface area contributed by atoms with Crippen molar-refractivity contribution in [1.82, 2.24) is 14.8 Å². The molecule has 1 aliphatic rings. The van der Waals surface area contributed by atoms with Crippen molar-refractivity contribution >= 4 is 27.0 Å². The highest BCUT2D eigenvalue weighted by atomic mass is 32.2. The monoisotopic (exact) mass is 332 g/mol. The van der Waals surface area contributed by atoms with Crippen LogP contribution < -0.4 is 4.72 Å². The fourth-order valence-corrected chi connectivity index (χ4v) is 4.65. The molecule has 0 atom stereocenters. The van der Waals surface area contributed by atoms with Crippen LogP contribution in [0.15, 0.2) is 34.5 Å². The maximum atomic E-state index is 12.4. The highest BCUT2D eigenvalue weighted by molar-refractivity contribution is 7.93. The molecule has 0 saturated carbocycles. The van der Waals surface area contributed by atoms with Crippen molar-refractivity contribution in [2.24, 2.45) is 0 Å². The van der Waals surface area contributed by atoms with E-state index < -0.39 is 10.0 Å². The highest BCUT2D eigenvalue weighted by Crippen LogP contribution is 2.42. The Labute approximate surface area is 131 Å². The van der Waals surface area contributed by atoms with Crippen molar-refractivity contribution < 1.29 is 8.42 Å². The van der Waals surface area contributed by atoms with Crippen LogP contribution in [0.5, 0.6) is 0 Å². The molecule has 4 rings (SSSR count). The first-order chi connectivity index (χ1) is 10.5. The third-order valence-electron chi connectivity index (χ3n) is 3.52. The van der Waals surface area contributed by atoms with E-state index in [9.17, 15) is 8.42 Å². The average Bonchev–Trinajstić information content (AvgIpc) is 3.03. The van der Waals surface area contributed by atoms with E-state index in [1.165, 1.54) is 11.3 Å². The molecule has 1 aliphatic heterocycles. The second-order valence-electron chi connectivity index (χ2n) is 5.09. The van der Waals surface area contributed by atoms with Crippen molar-refractivity contribution in [3.05, 3.63) is 41.0 Å². The molecular weight excluding hydrogens is 320 g/mol. The van der Waals surface area contributed by atoms with Crippen LogP contribution in [-0.4, -0.2) is 23.2 Å². The maximum absolute atomic E-state index is 12.4. The molecular formula is C14H12N4O2S2. The summed E-state index contributed by atoms with van der Waals surface area (Å²) in [6, 6.07) is 6.93. The lowest BCUT2D eigenvalue weighted by molar-refractivity contribution is 0.601. The van der Waals surface area contributed by atoms with Crippen molar-refractivity contribution in [1.29, 1.82) is 0 Å². The number of aryl methyl sites for hydroxylation is 2. The topological polar surface area (TPSA) is 76.9 Å². The molecule has 0 unspecified atom stereocenters. The third-order valence-corrected chi connectivity index (χ3v) is 5.86. The Bertz CT molecular complexity index is 1000. The SMILES string of the molecule is Cc1csc(-n2nc(C)c3c2-c2ccccc2S(=O)(=O)N3)n1. The molecule has 1 N–H and O–H groups in total. The molecule has 0 aliphatic carbocycles. The van der Waals surface area contributed by atoms with Gasteiger partial charge in [0.15, 0.2) is 0 Å². The van der Waals surface area contributed by atoms with E-state index >= 15 is 0 Å². The molecule has 8 heteroatoms. The first kappa shape index (κ1) is 13.5. The van der Waals surface area contributed by atoms with Gasteiger partial charge in [-0.05, 0) is 19.9 Å². The van der Waals surface area contributed by atoms with Crippen LogP contribution in [0.4, 0.5) is 5.69 Å². The Hall–Kier alpha value is -2.19. The number of sulfonamides is 1. The summed E-state index contributed by atoms with van der Waals surface area (Å²) in [6.07, 6.45) is 0. The molecule has 3 heterocycles. The number of hydrogen-bond donors (Lipinski definition) is 1. The zero-order valence-electron chi connectivity index (χ0n) is 11.9. The van der Waals surface area contributed by atoms with E-state index in [4.69, 9.17) is 0 Å². The summed E-state index contributed by atoms with van der Waals surface area (Å²) in [4.78, 5) is 4.71. The van der Waals surface area contributed by atoms with E-state index in [0.29, 0.717) is 16.9 Å². The number of hydrogen-bond acceptors (Lipinski definition) is 5. The summed E-state index contributed by atoms with van der Waals surface area (Å²) in [5.74, 6) is 0. The van der Waals surface area contributed by atoms with Gasteiger partial charge in [-0.15, -0.1) is 11.3 Å². The van der Waals surface area contributed by atoms with Crippen molar-refractivity contribution in [2.45, 2.75) is 18.7 Å². The molecule has 3 aromatic rings. The lowest BCUT2D eigenvalue weighted by Crippen LogP contribution is -2.19. The van der Waals surface area contributed by atoms with Gasteiger partial charge in [0.1, 0.15) is 5.69 Å². The smallest absolute Gasteiger partial charge is 0.262 e. The standard InChI is InChI=1S/C14H12N4O2S2/c1-8-7-21-14(15-8)18-13-10-5-3-4-6-11(10)22(19,20)17-12(13)9(2)16-18/h3-7,17H,1-2H3. The minimum atomic E-state index is -3.56. The van der Waals surface area contributed by atoms with Gasteiger partial charge in [0, 0.05) is 10.9 Å². The van der Waals surface area contributed by atoms with Gasteiger partial charge in [-0.1, -0.05) is 18.2 Å². The van der Waals surface area contributed by atoms with E-state index in [2.05, 4.69) is 14.8 Å². The number of anilines is 1. The first-order valence-electron chi connectivity index (χ1n) is 6.62. The fraction of sp³-hybridized carbons (Fsp3) is 0.143. The number of fused-ring (bicyclic) bond motifs is 3. The Morgan fingerprint density at radius 1 is 1.23 bits per heavy atom. The Kier molecular flexibility index (Phi) is 2.70. The lowest BCUT2D eigenvalue weighted by atomic mass is 10.1. The minimum Gasteiger partial charge on any atom is -0.275 e. The first-order valence-corrected chi connectivity index (χ1v) is 8.98. The van der Waals surface area contributed by atoms with Gasteiger partial charge in [0.25, 0.3) is 10.0 Å². The van der Waals surface area contributed by atoms with E-state index in [1.54, 1.807) is 29.8 Å². The normalized spacial score (nSPS) is 15.0. The molecule has 6 nitrogen and oxygen atoms in total. The van der Waals surface area contributed by atoms with Gasteiger partial charge in [-0.2, -0.15) is 5.10 Å². The van der Waals surface area contributed by atoms with Crippen LogP contribution >= 0.6 is 11.3 Å². The van der Waals surface area contributed by atoms with Crippen molar-refractivity contribution in [3.8, 4) is 16.4 Å². The number of nitrogens with zero attached hydrogens (tertiary/aromatic N) is 3. The number of thiazole rings is 1. The molecule has 2 aromatic heterocycles. The number of nitrogens with one attached hydrogen (secondary N) is 1. The molecule has 0 fully saturated rings. The largest absolute Gasteiger partial charge is 0.275 e. The van der Waals surface area contributed by atoms with Crippen LogP contribution in [0.1, 0.15) is 11.4 Å². The zero-order chi connectivity index (χ0) is 15.5. The van der Waals surface area contributed by atoms with E-state index in [-0.39, 0.29) is 4.90 Å². The minimum absolute atomic E-state index is 0.261. The van der Waals surface area contributed by atoms with Crippen molar-refractivity contribution in [2.75, 3.05) is 4.72 Å². The van der Waals surface area contributed by atoms with Gasteiger partial charge in [0.2, 0.25) is 5.13 Å². The van der Waals surface area contributed by atoms with Crippen LogP contribution in [-0.2, 0) is 10.0 Å². The summed E-state index contributed by atoms with van der Waals surface area (Å²) in [7, 11) is -3.56. The predicted octanol–water partition coefficient (Wildman–Crippen LogP) is 2.73. The number of benzene rings is 1. The lowest BCUT2D eigenvalue weighted by Gasteiger charge is -2.19. The molecule has 112 valence electrons. The average molecular weight is 332 g/mol. The van der Waals surface area contributed by atoms with Crippen LogP contribution in [0, 0.1) is 13.8 Å². The maximum Gasteiger partial charge on any atom is 0.262 e. The summed E-state index contributed by atoms with van der Waals surface area (Å²) < 4.78 is 29.1. The van der Waals surface area contributed by atoms with Gasteiger partial charge in [-0.25, -0.2) is 18.1 Å². The number of rotatable bonds is 1. The summed E-state index contributed by atoms with van der Waals surface area (Å²) in [5, 5.41) is 7.14. The molecule has 1 aromatic carbocycles. The van der Waals surface area contributed by atoms with Gasteiger partial charge < -0.3 is 0 Å². The predicted molar refractivity (Wildman–Crippen MR) is 85.0 cm³/mol. The van der Waals surface area contributed by atoms with Gasteiger partial charge in [-0.3, -0.25) is 4.72 Å². The second-order valence-corrected chi connectivity index (χ2v) is 7.58. The zero-order valence-corrected chi connectivity index (χ0v) is 13.5. The molecule has 22 heavy (non-hydrogen) atoms. The summed E-state index contributed by atoms with van der Waals surface area (Å²) >= 11 is 1.48.